The maximum atomic E-state index is 10.5. The average Bonchev–Trinajstić information content (AvgIpc) is 2.63. The van der Waals surface area contributed by atoms with Gasteiger partial charge in [-0.15, -0.1) is 0 Å². The molecular weight excluding hydrogens is 326 g/mol. The van der Waals surface area contributed by atoms with Crippen molar-refractivity contribution in [2.24, 2.45) is 0 Å². The average molecular weight is 348 g/mol. The number of ether oxygens (including phenoxy) is 1. The molecule has 2 heterocycles. The van der Waals surface area contributed by atoms with Crippen molar-refractivity contribution in [1.82, 2.24) is 9.88 Å². The zero-order chi connectivity index (χ0) is 16.9. The molecule has 6 heteroatoms. The molecule has 1 aromatic heterocycles. The van der Waals surface area contributed by atoms with E-state index < -0.39 is 6.10 Å². The Labute approximate surface area is 147 Å². The first-order valence-electron chi connectivity index (χ1n) is 8.06. The Bertz CT molecular complexity index is 658. The number of hydrogen-bond donors (Lipinski definition) is 1. The van der Waals surface area contributed by atoms with E-state index in [2.05, 4.69) is 14.8 Å². The van der Waals surface area contributed by atoms with Crippen molar-refractivity contribution in [1.29, 1.82) is 0 Å². The number of aliphatic hydroxyl groups excluding tert-OH is 1. The highest BCUT2D eigenvalue weighted by atomic mass is 35.5. The molecular formula is C18H22ClN3O2. The number of nitrogens with zero attached hydrogens (tertiary/aromatic N) is 3. The number of anilines is 1. The van der Waals surface area contributed by atoms with Crippen molar-refractivity contribution in [2.75, 3.05) is 44.7 Å². The first-order chi connectivity index (χ1) is 11.7. The molecule has 0 radical (unpaired) electrons. The molecule has 1 unspecified atom stereocenters. The van der Waals surface area contributed by atoms with Gasteiger partial charge in [0.05, 0.1) is 18.2 Å². The normalized spacial score (nSPS) is 16.9. The number of β-amino-alcohol motifs (C(OH)–C–C–N with tert-alkyl or cyclic N) is 1. The lowest BCUT2D eigenvalue weighted by atomic mass is 10.1. The van der Waals surface area contributed by atoms with Crippen LogP contribution in [0.5, 0.6) is 5.75 Å². The van der Waals surface area contributed by atoms with Crippen molar-refractivity contribution >= 4 is 17.4 Å². The third-order valence-electron chi connectivity index (χ3n) is 4.32. The Kier molecular flexibility index (Phi) is 5.56. The molecule has 1 aliphatic heterocycles. The van der Waals surface area contributed by atoms with Crippen LogP contribution in [0.15, 0.2) is 42.6 Å². The second-order valence-electron chi connectivity index (χ2n) is 5.91. The number of rotatable bonds is 5. The third-order valence-corrected chi connectivity index (χ3v) is 4.54. The van der Waals surface area contributed by atoms with E-state index >= 15 is 0 Å². The Balaban J connectivity index is 1.54. The van der Waals surface area contributed by atoms with Gasteiger partial charge in [0.25, 0.3) is 0 Å². The summed E-state index contributed by atoms with van der Waals surface area (Å²) in [6.07, 6.45) is 1.16. The highest BCUT2D eigenvalue weighted by molar-refractivity contribution is 6.30. The van der Waals surface area contributed by atoms with Crippen molar-refractivity contribution in [3.05, 3.63) is 53.2 Å². The maximum Gasteiger partial charge on any atom is 0.128 e. The molecule has 3 rings (SSSR count). The predicted molar refractivity (Wildman–Crippen MR) is 95.9 cm³/mol. The summed E-state index contributed by atoms with van der Waals surface area (Å²) >= 11 is 5.88. The fourth-order valence-corrected chi connectivity index (χ4v) is 3.03. The first-order valence-corrected chi connectivity index (χ1v) is 8.44. The minimum Gasteiger partial charge on any atom is -0.497 e. The van der Waals surface area contributed by atoms with Crippen molar-refractivity contribution in [3.8, 4) is 5.75 Å². The van der Waals surface area contributed by atoms with E-state index in [0.717, 1.165) is 43.3 Å². The Morgan fingerprint density at radius 1 is 1.21 bits per heavy atom. The van der Waals surface area contributed by atoms with E-state index in [9.17, 15) is 5.11 Å². The first kappa shape index (κ1) is 17.0. The van der Waals surface area contributed by atoms with Gasteiger partial charge in [0, 0.05) is 38.9 Å². The lowest BCUT2D eigenvalue weighted by Crippen LogP contribution is -2.47. The lowest BCUT2D eigenvalue weighted by Gasteiger charge is -2.36. The van der Waals surface area contributed by atoms with Crippen LogP contribution in [-0.2, 0) is 0 Å². The van der Waals surface area contributed by atoms with Crippen LogP contribution >= 0.6 is 11.6 Å². The van der Waals surface area contributed by atoms with Crippen LogP contribution in [0.1, 0.15) is 11.7 Å². The summed E-state index contributed by atoms with van der Waals surface area (Å²) < 4.78 is 5.22. The van der Waals surface area contributed by atoms with E-state index in [1.54, 1.807) is 13.3 Å². The van der Waals surface area contributed by atoms with Crippen LogP contribution in [0.3, 0.4) is 0 Å². The standard InChI is InChI=1S/C18H22ClN3O2/c1-24-16-4-2-3-14(11-16)17(23)13-21-7-9-22(10-8-21)18-6-5-15(19)12-20-18/h2-6,11-12,17,23H,7-10,13H2,1H3. The Morgan fingerprint density at radius 3 is 2.67 bits per heavy atom. The van der Waals surface area contributed by atoms with Crippen LogP contribution in [0, 0.1) is 0 Å². The second-order valence-corrected chi connectivity index (χ2v) is 6.35. The van der Waals surface area contributed by atoms with Gasteiger partial charge in [-0.05, 0) is 29.8 Å². The van der Waals surface area contributed by atoms with Gasteiger partial charge in [-0.3, -0.25) is 4.90 Å². The molecule has 1 saturated heterocycles. The van der Waals surface area contributed by atoms with Crippen molar-refractivity contribution in [3.63, 3.8) is 0 Å². The van der Waals surface area contributed by atoms with E-state index in [0.29, 0.717) is 11.6 Å². The van der Waals surface area contributed by atoms with E-state index in [1.807, 2.05) is 36.4 Å². The number of benzene rings is 1. The molecule has 5 nitrogen and oxygen atoms in total. The van der Waals surface area contributed by atoms with Crippen LogP contribution in [0.2, 0.25) is 5.02 Å². The van der Waals surface area contributed by atoms with E-state index in [-0.39, 0.29) is 0 Å². The summed E-state index contributed by atoms with van der Waals surface area (Å²) in [4.78, 5) is 8.88. The van der Waals surface area contributed by atoms with Gasteiger partial charge in [-0.1, -0.05) is 23.7 Å². The highest BCUT2D eigenvalue weighted by Crippen LogP contribution is 2.21. The largest absolute Gasteiger partial charge is 0.497 e. The zero-order valence-corrected chi connectivity index (χ0v) is 14.5. The molecule has 0 amide bonds. The molecule has 24 heavy (non-hydrogen) atoms. The summed E-state index contributed by atoms with van der Waals surface area (Å²) in [5, 5.41) is 11.1. The fraction of sp³-hybridized carbons (Fsp3) is 0.389. The van der Waals surface area contributed by atoms with Gasteiger partial charge in [0.2, 0.25) is 0 Å². The number of hydrogen-bond acceptors (Lipinski definition) is 5. The summed E-state index contributed by atoms with van der Waals surface area (Å²) in [7, 11) is 1.63. The minimum atomic E-state index is -0.514. The SMILES string of the molecule is COc1cccc(C(O)CN2CCN(c3ccc(Cl)cn3)CC2)c1. The monoisotopic (exact) mass is 347 g/mol. The van der Waals surface area contributed by atoms with Gasteiger partial charge in [-0.2, -0.15) is 0 Å². The zero-order valence-electron chi connectivity index (χ0n) is 13.7. The molecule has 0 bridgehead atoms. The smallest absolute Gasteiger partial charge is 0.128 e. The van der Waals surface area contributed by atoms with Crippen molar-refractivity contribution < 1.29 is 9.84 Å². The van der Waals surface area contributed by atoms with Gasteiger partial charge in [-0.25, -0.2) is 4.98 Å². The maximum absolute atomic E-state index is 10.5. The number of methoxy groups -OCH3 is 1. The van der Waals surface area contributed by atoms with Crippen LogP contribution in [0.25, 0.3) is 0 Å². The summed E-state index contributed by atoms with van der Waals surface area (Å²) in [5.41, 5.74) is 0.885. The van der Waals surface area contributed by atoms with E-state index in [1.165, 1.54) is 0 Å². The highest BCUT2D eigenvalue weighted by Gasteiger charge is 2.20. The molecule has 128 valence electrons. The predicted octanol–water partition coefficient (Wildman–Crippen LogP) is 2.60. The van der Waals surface area contributed by atoms with Gasteiger partial charge < -0.3 is 14.7 Å². The molecule has 1 N–H and O–H groups in total. The number of pyridine rings is 1. The van der Waals surface area contributed by atoms with Crippen LogP contribution < -0.4 is 9.64 Å². The Morgan fingerprint density at radius 2 is 2.00 bits per heavy atom. The molecule has 2 aromatic rings. The molecule has 1 fully saturated rings. The quantitative estimate of drug-likeness (QED) is 0.901. The summed E-state index contributed by atoms with van der Waals surface area (Å²) in [6, 6.07) is 11.4. The van der Waals surface area contributed by atoms with Crippen molar-refractivity contribution in [2.45, 2.75) is 6.10 Å². The van der Waals surface area contributed by atoms with Crippen LogP contribution in [0.4, 0.5) is 5.82 Å². The Hall–Kier alpha value is -1.82. The number of piperazine rings is 1. The molecule has 1 aliphatic rings. The lowest BCUT2D eigenvalue weighted by molar-refractivity contribution is 0.109. The minimum absolute atomic E-state index is 0.514. The number of aromatic nitrogens is 1. The molecule has 1 atom stereocenters. The number of halogens is 1. The summed E-state index contributed by atoms with van der Waals surface area (Å²) in [6.45, 7) is 4.19. The van der Waals surface area contributed by atoms with Gasteiger partial charge in [0.1, 0.15) is 11.6 Å². The fourth-order valence-electron chi connectivity index (χ4n) is 2.91. The van der Waals surface area contributed by atoms with Gasteiger partial charge in [0.15, 0.2) is 0 Å². The third kappa shape index (κ3) is 4.17. The summed E-state index contributed by atoms with van der Waals surface area (Å²) in [5.74, 6) is 1.72. The van der Waals surface area contributed by atoms with E-state index in [4.69, 9.17) is 16.3 Å². The molecule has 0 spiro atoms. The molecule has 0 aliphatic carbocycles. The van der Waals surface area contributed by atoms with Crippen LogP contribution in [-0.4, -0.2) is 54.8 Å². The second kappa shape index (κ2) is 7.83. The molecule has 1 aromatic carbocycles. The number of aliphatic hydroxyl groups is 1. The molecule has 0 saturated carbocycles. The van der Waals surface area contributed by atoms with Gasteiger partial charge >= 0.3 is 0 Å². The topological polar surface area (TPSA) is 48.8 Å².